The minimum atomic E-state index is 0.423. The van der Waals surface area contributed by atoms with Gasteiger partial charge in [0, 0.05) is 32.8 Å². The van der Waals surface area contributed by atoms with Crippen LogP contribution in [-0.2, 0) is 0 Å². The zero-order chi connectivity index (χ0) is 35.3. The van der Waals surface area contributed by atoms with Gasteiger partial charge in [-0.25, -0.2) is 0 Å². The van der Waals surface area contributed by atoms with Crippen LogP contribution >= 0.6 is 0 Å². The van der Waals surface area contributed by atoms with Gasteiger partial charge < -0.3 is 8.83 Å². The molecule has 8 aromatic carbocycles. The average Bonchev–Trinajstić information content (AvgIpc) is 3.79. The number of hydrogen-bond donors (Lipinski definition) is 0. The Morgan fingerprint density at radius 2 is 1.09 bits per heavy atom. The highest BCUT2D eigenvalue weighted by Gasteiger charge is 2.23. The molecule has 0 amide bonds. The molecule has 54 heavy (non-hydrogen) atoms. The van der Waals surface area contributed by atoms with Gasteiger partial charge in [0.15, 0.2) is 0 Å². The molecule has 252 valence electrons. The first-order valence-corrected chi connectivity index (χ1v) is 18.8. The lowest BCUT2D eigenvalue weighted by molar-refractivity contribution is 0.667. The first-order valence-electron chi connectivity index (χ1n) is 18.8. The lowest BCUT2D eigenvalue weighted by Crippen LogP contribution is -2.07. The Kier molecular flexibility index (Phi) is 6.20. The number of furan rings is 2. The predicted octanol–water partition coefficient (Wildman–Crippen LogP) is 14.7. The molecule has 0 bridgehead atoms. The van der Waals surface area contributed by atoms with Crippen LogP contribution in [0.1, 0.15) is 12.0 Å². The Morgan fingerprint density at radius 3 is 1.89 bits per heavy atom. The van der Waals surface area contributed by atoms with E-state index in [2.05, 4.69) is 164 Å². The molecular formula is C52H32O2. The summed E-state index contributed by atoms with van der Waals surface area (Å²) in [5, 5.41) is 11.9. The molecule has 0 aliphatic heterocycles. The summed E-state index contributed by atoms with van der Waals surface area (Å²) in [5.41, 5.74) is 12.6. The lowest BCUT2D eigenvalue weighted by atomic mass is 9.79. The molecule has 2 heterocycles. The van der Waals surface area contributed by atoms with Gasteiger partial charge in [0.25, 0.3) is 0 Å². The second kappa shape index (κ2) is 11.3. The normalized spacial score (nSPS) is 15.6. The molecule has 0 radical (unpaired) electrons. The third kappa shape index (κ3) is 4.34. The summed E-state index contributed by atoms with van der Waals surface area (Å²) in [4.78, 5) is 0. The zero-order valence-corrected chi connectivity index (χ0v) is 29.3. The predicted molar refractivity (Wildman–Crippen MR) is 227 cm³/mol. The largest absolute Gasteiger partial charge is 0.456 e. The van der Waals surface area contributed by atoms with Crippen LogP contribution in [0.4, 0.5) is 0 Å². The zero-order valence-electron chi connectivity index (χ0n) is 29.3. The third-order valence-electron chi connectivity index (χ3n) is 11.8. The van der Waals surface area contributed by atoms with Gasteiger partial charge in [0.2, 0.25) is 0 Å². The molecule has 2 heteroatoms. The number of rotatable bonds is 3. The second-order valence-electron chi connectivity index (χ2n) is 14.8. The molecule has 0 saturated carbocycles. The van der Waals surface area contributed by atoms with Crippen molar-refractivity contribution in [1.82, 2.24) is 0 Å². The van der Waals surface area contributed by atoms with Gasteiger partial charge in [0.05, 0.1) is 0 Å². The molecule has 1 unspecified atom stereocenters. The van der Waals surface area contributed by atoms with Crippen LogP contribution in [0.25, 0.3) is 104 Å². The minimum Gasteiger partial charge on any atom is -0.456 e. The highest BCUT2D eigenvalue weighted by atomic mass is 16.3. The van der Waals surface area contributed by atoms with E-state index in [1.807, 2.05) is 12.1 Å². The minimum absolute atomic E-state index is 0.423. The van der Waals surface area contributed by atoms with Crippen LogP contribution < -0.4 is 0 Å². The molecule has 2 aromatic heterocycles. The van der Waals surface area contributed by atoms with E-state index in [1.165, 1.54) is 54.9 Å². The van der Waals surface area contributed by atoms with E-state index in [4.69, 9.17) is 8.83 Å². The second-order valence-corrected chi connectivity index (χ2v) is 14.8. The number of hydrogen-bond acceptors (Lipinski definition) is 2. The van der Waals surface area contributed by atoms with Gasteiger partial charge in [-0.05, 0) is 109 Å². The third-order valence-corrected chi connectivity index (χ3v) is 11.8. The van der Waals surface area contributed by atoms with Crippen molar-refractivity contribution >= 4 is 81.8 Å². The van der Waals surface area contributed by atoms with Crippen molar-refractivity contribution < 1.29 is 8.83 Å². The standard InChI is InChI=1S/C52H32O2/c1-2-10-34-27-37(22-19-31(34)9-1)51-41-14-5-3-12-39(41)50(40-13-4-6-15-42(40)51)33-20-17-32(18-21-33)35-24-26-48-46(28-35)43-25-23-36-29-45-38-11-7-8-16-47(38)53-49(45)30-44(36)52(43)54-48/h1-26,28-30,34H,27H2. The molecule has 2 aliphatic carbocycles. The summed E-state index contributed by atoms with van der Waals surface area (Å²) in [6.07, 6.45) is 14.6. The maximum Gasteiger partial charge on any atom is 0.143 e. The van der Waals surface area contributed by atoms with Crippen molar-refractivity contribution in [2.75, 3.05) is 0 Å². The molecule has 1 atom stereocenters. The monoisotopic (exact) mass is 688 g/mol. The molecule has 2 nitrogen and oxygen atoms in total. The van der Waals surface area contributed by atoms with Crippen molar-refractivity contribution in [2.24, 2.45) is 5.92 Å². The van der Waals surface area contributed by atoms with Crippen LogP contribution in [0.5, 0.6) is 0 Å². The summed E-state index contributed by atoms with van der Waals surface area (Å²) in [6.45, 7) is 0. The van der Waals surface area contributed by atoms with Gasteiger partial charge >= 0.3 is 0 Å². The fourth-order valence-corrected chi connectivity index (χ4v) is 9.22. The Bertz CT molecular complexity index is 3280. The van der Waals surface area contributed by atoms with Gasteiger partial charge in [-0.1, -0.05) is 140 Å². The van der Waals surface area contributed by atoms with Crippen molar-refractivity contribution in [3.05, 3.63) is 187 Å². The van der Waals surface area contributed by atoms with Crippen LogP contribution in [0, 0.1) is 5.92 Å². The molecule has 0 fully saturated rings. The highest BCUT2D eigenvalue weighted by molar-refractivity contribution is 6.21. The van der Waals surface area contributed by atoms with Crippen molar-refractivity contribution in [2.45, 2.75) is 6.42 Å². The maximum atomic E-state index is 6.56. The maximum absolute atomic E-state index is 6.56. The lowest BCUT2D eigenvalue weighted by Gasteiger charge is -2.25. The first kappa shape index (κ1) is 29.7. The molecule has 10 aromatic rings. The fourth-order valence-electron chi connectivity index (χ4n) is 9.22. The topological polar surface area (TPSA) is 26.3 Å². The average molecular weight is 689 g/mol. The summed E-state index contributed by atoms with van der Waals surface area (Å²) < 4.78 is 12.8. The Morgan fingerprint density at radius 1 is 0.426 bits per heavy atom. The molecule has 2 aliphatic rings. The summed E-state index contributed by atoms with van der Waals surface area (Å²) in [6, 6.07) is 50.6. The van der Waals surface area contributed by atoms with Crippen molar-refractivity contribution in [3.8, 4) is 22.3 Å². The Balaban J connectivity index is 0.966. The number of allylic oxidation sites excluding steroid dienone is 8. The van der Waals surface area contributed by atoms with E-state index in [0.717, 1.165) is 66.6 Å². The van der Waals surface area contributed by atoms with E-state index in [-0.39, 0.29) is 0 Å². The number of fused-ring (bicyclic) bond motifs is 11. The summed E-state index contributed by atoms with van der Waals surface area (Å²) in [5.74, 6) is 0.423. The molecule has 12 rings (SSSR count). The Hall–Kier alpha value is -6.90. The van der Waals surface area contributed by atoms with E-state index in [1.54, 1.807) is 0 Å². The van der Waals surface area contributed by atoms with E-state index < -0.39 is 0 Å². The smallest absolute Gasteiger partial charge is 0.143 e. The fraction of sp³-hybridized carbons (Fsp3) is 0.0385. The van der Waals surface area contributed by atoms with Crippen molar-refractivity contribution in [1.29, 1.82) is 0 Å². The van der Waals surface area contributed by atoms with E-state index >= 15 is 0 Å². The van der Waals surface area contributed by atoms with Gasteiger partial charge in [-0.15, -0.1) is 0 Å². The van der Waals surface area contributed by atoms with Crippen LogP contribution in [0.2, 0.25) is 0 Å². The van der Waals surface area contributed by atoms with E-state index in [9.17, 15) is 0 Å². The van der Waals surface area contributed by atoms with Crippen LogP contribution in [-0.4, -0.2) is 0 Å². The SMILES string of the molecule is C1=CC2=CC=C(c3c4ccccc4c(-c4ccc(-c5ccc6oc7c8cc9oc%10ccccc%10c9cc8ccc7c6c5)cc4)c4ccccc34)CC2C=C1. The first-order chi connectivity index (χ1) is 26.7. The van der Waals surface area contributed by atoms with E-state index in [0.29, 0.717) is 5.92 Å². The molecular weight excluding hydrogens is 657 g/mol. The number of para-hydroxylation sites is 1. The molecule has 0 spiro atoms. The summed E-state index contributed by atoms with van der Waals surface area (Å²) in [7, 11) is 0. The summed E-state index contributed by atoms with van der Waals surface area (Å²) >= 11 is 0. The Labute approximate surface area is 311 Å². The van der Waals surface area contributed by atoms with Crippen LogP contribution in [0.3, 0.4) is 0 Å². The quantitative estimate of drug-likeness (QED) is 0.173. The van der Waals surface area contributed by atoms with Gasteiger partial charge in [-0.2, -0.15) is 0 Å². The molecule has 0 saturated heterocycles. The van der Waals surface area contributed by atoms with Crippen LogP contribution in [0.15, 0.2) is 190 Å². The highest BCUT2D eigenvalue weighted by Crippen LogP contribution is 2.46. The molecule has 0 N–H and O–H groups in total. The van der Waals surface area contributed by atoms with Crippen molar-refractivity contribution in [3.63, 3.8) is 0 Å². The van der Waals surface area contributed by atoms with Gasteiger partial charge in [0.1, 0.15) is 22.3 Å². The number of benzene rings is 8. The van der Waals surface area contributed by atoms with Gasteiger partial charge in [-0.3, -0.25) is 0 Å².